The normalized spacial score (nSPS) is 20.8. The lowest BCUT2D eigenvalue weighted by Gasteiger charge is -2.27. The molecule has 1 atom stereocenters. The fourth-order valence-electron chi connectivity index (χ4n) is 2.16. The number of rotatable bonds is 3. The Balaban J connectivity index is 1.91. The predicted molar refractivity (Wildman–Crippen MR) is 65.6 cm³/mol. The summed E-state index contributed by atoms with van der Waals surface area (Å²) in [6.07, 6.45) is 2.61. The van der Waals surface area contributed by atoms with Gasteiger partial charge >= 0.3 is 0 Å². The van der Waals surface area contributed by atoms with Gasteiger partial charge in [-0.05, 0) is 50.9 Å². The van der Waals surface area contributed by atoms with Gasteiger partial charge in [0.25, 0.3) is 0 Å². The molecule has 4 heteroatoms. The van der Waals surface area contributed by atoms with E-state index in [1.165, 1.54) is 19.4 Å². The average molecular weight is 220 g/mol. The Kier molecular flexibility index (Phi) is 3.72. The molecule has 1 aromatic heterocycles. The lowest BCUT2D eigenvalue weighted by Crippen LogP contribution is -2.37. The van der Waals surface area contributed by atoms with Crippen LogP contribution in [0.3, 0.4) is 0 Å². The Morgan fingerprint density at radius 2 is 2.31 bits per heavy atom. The van der Waals surface area contributed by atoms with Crippen LogP contribution >= 0.6 is 0 Å². The van der Waals surface area contributed by atoms with Crippen LogP contribution < -0.4 is 10.2 Å². The number of aromatic nitrogens is 2. The highest BCUT2D eigenvalue weighted by Gasteiger charge is 2.15. The van der Waals surface area contributed by atoms with Crippen molar-refractivity contribution in [2.75, 3.05) is 31.6 Å². The van der Waals surface area contributed by atoms with Crippen molar-refractivity contribution in [3.63, 3.8) is 0 Å². The predicted octanol–water partition coefficient (Wildman–Crippen LogP) is 1.22. The third-order valence-electron chi connectivity index (χ3n) is 3.11. The first-order valence-electron chi connectivity index (χ1n) is 5.98. The zero-order valence-corrected chi connectivity index (χ0v) is 10.1. The van der Waals surface area contributed by atoms with Crippen molar-refractivity contribution in [2.24, 2.45) is 5.92 Å². The molecular weight excluding hydrogens is 200 g/mol. The lowest BCUT2D eigenvalue weighted by molar-refractivity contribution is 0.380. The van der Waals surface area contributed by atoms with Crippen molar-refractivity contribution in [1.82, 2.24) is 15.5 Å². The van der Waals surface area contributed by atoms with E-state index in [-0.39, 0.29) is 0 Å². The summed E-state index contributed by atoms with van der Waals surface area (Å²) in [6.45, 7) is 5.32. The molecule has 0 aromatic carbocycles. The molecule has 2 rings (SSSR count). The first-order chi connectivity index (χ1) is 7.75. The number of hydrogen-bond acceptors (Lipinski definition) is 4. The van der Waals surface area contributed by atoms with Gasteiger partial charge in [0, 0.05) is 13.6 Å². The maximum absolute atomic E-state index is 4.20. The van der Waals surface area contributed by atoms with Crippen molar-refractivity contribution in [2.45, 2.75) is 19.8 Å². The van der Waals surface area contributed by atoms with Crippen LogP contribution in [-0.2, 0) is 0 Å². The molecule has 0 saturated carbocycles. The number of piperidine rings is 1. The lowest BCUT2D eigenvalue weighted by atomic mass is 9.99. The molecule has 1 aliphatic rings. The Hall–Kier alpha value is -1.16. The van der Waals surface area contributed by atoms with Crippen LogP contribution in [0.15, 0.2) is 12.1 Å². The highest BCUT2D eigenvalue weighted by atomic mass is 15.2. The summed E-state index contributed by atoms with van der Waals surface area (Å²) in [5, 5.41) is 11.7. The van der Waals surface area contributed by atoms with Crippen LogP contribution in [0.5, 0.6) is 0 Å². The van der Waals surface area contributed by atoms with Crippen LogP contribution in [0.1, 0.15) is 18.5 Å². The molecule has 0 radical (unpaired) electrons. The molecule has 0 unspecified atom stereocenters. The molecule has 0 spiro atoms. The topological polar surface area (TPSA) is 41.0 Å². The smallest absolute Gasteiger partial charge is 0.150 e. The van der Waals surface area contributed by atoms with Crippen LogP contribution in [-0.4, -0.2) is 36.9 Å². The van der Waals surface area contributed by atoms with Crippen molar-refractivity contribution in [3.05, 3.63) is 17.8 Å². The first-order valence-corrected chi connectivity index (χ1v) is 5.98. The summed E-state index contributed by atoms with van der Waals surface area (Å²) < 4.78 is 0. The number of nitrogens with one attached hydrogen (secondary N) is 1. The van der Waals surface area contributed by atoms with E-state index in [2.05, 4.69) is 27.5 Å². The third kappa shape index (κ3) is 2.92. The molecular formula is C12H20N4. The largest absolute Gasteiger partial charge is 0.358 e. The second-order valence-electron chi connectivity index (χ2n) is 4.63. The quantitative estimate of drug-likeness (QED) is 0.831. The summed E-state index contributed by atoms with van der Waals surface area (Å²) in [6, 6.07) is 4.05. The molecule has 1 aliphatic heterocycles. The van der Waals surface area contributed by atoms with Crippen LogP contribution in [0.4, 0.5) is 5.82 Å². The molecule has 1 fully saturated rings. The minimum Gasteiger partial charge on any atom is -0.358 e. The number of anilines is 1. The highest BCUT2D eigenvalue weighted by Crippen LogP contribution is 2.14. The highest BCUT2D eigenvalue weighted by molar-refractivity contribution is 5.35. The summed E-state index contributed by atoms with van der Waals surface area (Å²) in [5.74, 6) is 1.71. The van der Waals surface area contributed by atoms with Gasteiger partial charge in [0.1, 0.15) is 0 Å². The maximum Gasteiger partial charge on any atom is 0.150 e. The first kappa shape index (κ1) is 11.3. The van der Waals surface area contributed by atoms with Gasteiger partial charge < -0.3 is 10.2 Å². The van der Waals surface area contributed by atoms with Crippen molar-refractivity contribution in [1.29, 1.82) is 0 Å². The van der Waals surface area contributed by atoms with E-state index in [1.54, 1.807) is 0 Å². The molecule has 4 nitrogen and oxygen atoms in total. The number of aryl methyl sites for hydroxylation is 1. The van der Waals surface area contributed by atoms with Crippen LogP contribution in [0.25, 0.3) is 0 Å². The molecule has 1 aromatic rings. The summed E-state index contributed by atoms with van der Waals surface area (Å²) in [4.78, 5) is 2.20. The van der Waals surface area contributed by atoms with E-state index < -0.39 is 0 Å². The standard InChI is InChI=1S/C12H20N4/c1-10-5-6-12(15-14-10)16(2)9-11-4-3-7-13-8-11/h5-6,11,13H,3-4,7-9H2,1-2H3/t11-/m1/s1. The fourth-order valence-corrected chi connectivity index (χ4v) is 2.16. The third-order valence-corrected chi connectivity index (χ3v) is 3.11. The Morgan fingerprint density at radius 1 is 1.44 bits per heavy atom. The Labute approximate surface area is 97.1 Å². The minimum absolute atomic E-state index is 0.738. The van der Waals surface area contributed by atoms with Gasteiger partial charge in [0.15, 0.2) is 5.82 Å². The Morgan fingerprint density at radius 3 is 2.94 bits per heavy atom. The summed E-state index contributed by atoms with van der Waals surface area (Å²) in [5.41, 5.74) is 0.969. The minimum atomic E-state index is 0.738. The van der Waals surface area contributed by atoms with Gasteiger partial charge in [-0.2, -0.15) is 5.10 Å². The molecule has 88 valence electrons. The van der Waals surface area contributed by atoms with E-state index in [0.717, 1.165) is 30.5 Å². The van der Waals surface area contributed by atoms with Gasteiger partial charge in [0.2, 0.25) is 0 Å². The monoisotopic (exact) mass is 220 g/mol. The summed E-state index contributed by atoms with van der Waals surface area (Å²) in [7, 11) is 2.09. The summed E-state index contributed by atoms with van der Waals surface area (Å²) >= 11 is 0. The van der Waals surface area contributed by atoms with Crippen molar-refractivity contribution >= 4 is 5.82 Å². The Bertz CT molecular complexity index is 316. The van der Waals surface area contributed by atoms with Gasteiger partial charge in [0.05, 0.1) is 5.69 Å². The fraction of sp³-hybridized carbons (Fsp3) is 0.667. The molecule has 0 aliphatic carbocycles. The van der Waals surface area contributed by atoms with Crippen molar-refractivity contribution in [3.8, 4) is 0 Å². The number of hydrogen-bond donors (Lipinski definition) is 1. The van der Waals surface area contributed by atoms with Gasteiger partial charge in [-0.1, -0.05) is 0 Å². The molecule has 2 heterocycles. The van der Waals surface area contributed by atoms with Crippen molar-refractivity contribution < 1.29 is 0 Å². The van der Waals surface area contributed by atoms with Crippen LogP contribution in [0, 0.1) is 12.8 Å². The molecule has 0 bridgehead atoms. The second kappa shape index (κ2) is 5.25. The average Bonchev–Trinajstić information content (AvgIpc) is 2.31. The second-order valence-corrected chi connectivity index (χ2v) is 4.63. The van der Waals surface area contributed by atoms with E-state index in [0.29, 0.717) is 0 Å². The van der Waals surface area contributed by atoms with Gasteiger partial charge in [-0.3, -0.25) is 0 Å². The van der Waals surface area contributed by atoms with Gasteiger partial charge in [-0.25, -0.2) is 0 Å². The van der Waals surface area contributed by atoms with E-state index in [4.69, 9.17) is 0 Å². The molecule has 0 amide bonds. The SMILES string of the molecule is Cc1ccc(N(C)C[C@@H]2CCCNC2)nn1. The van der Waals surface area contributed by atoms with E-state index >= 15 is 0 Å². The number of nitrogens with zero attached hydrogens (tertiary/aromatic N) is 3. The van der Waals surface area contributed by atoms with E-state index in [9.17, 15) is 0 Å². The molecule has 16 heavy (non-hydrogen) atoms. The van der Waals surface area contributed by atoms with E-state index in [1.807, 2.05) is 19.1 Å². The van der Waals surface area contributed by atoms with Crippen LogP contribution in [0.2, 0.25) is 0 Å². The molecule has 1 N–H and O–H groups in total. The zero-order valence-electron chi connectivity index (χ0n) is 10.1. The molecule has 1 saturated heterocycles. The maximum atomic E-state index is 4.20. The van der Waals surface area contributed by atoms with Gasteiger partial charge in [-0.15, -0.1) is 5.10 Å². The zero-order chi connectivity index (χ0) is 11.4.